The van der Waals surface area contributed by atoms with Crippen LogP contribution >= 0.6 is 12.4 Å². The van der Waals surface area contributed by atoms with Crippen LogP contribution in [0.4, 0.5) is 0 Å². The fourth-order valence-corrected chi connectivity index (χ4v) is 2.38. The Hall–Kier alpha value is -1.00. The van der Waals surface area contributed by atoms with Gasteiger partial charge in [0.15, 0.2) is 0 Å². The summed E-state index contributed by atoms with van der Waals surface area (Å²) in [4.78, 5) is 13.7. The monoisotopic (exact) mass is 286 g/mol. The van der Waals surface area contributed by atoms with E-state index in [9.17, 15) is 4.79 Å². The molecular formula is C14H23ClN2O2. The topological polar surface area (TPSA) is 45.5 Å². The molecule has 0 aliphatic carbocycles. The van der Waals surface area contributed by atoms with E-state index >= 15 is 0 Å². The minimum Gasteiger partial charge on any atom is -0.464 e. The van der Waals surface area contributed by atoms with Crippen LogP contribution < -0.4 is 5.32 Å². The van der Waals surface area contributed by atoms with Crippen LogP contribution in [-0.4, -0.2) is 30.4 Å². The molecule has 1 fully saturated rings. The third kappa shape index (κ3) is 4.88. The van der Waals surface area contributed by atoms with E-state index < -0.39 is 0 Å². The van der Waals surface area contributed by atoms with Crippen molar-refractivity contribution >= 4 is 18.3 Å². The molecule has 2 heterocycles. The number of aryl methyl sites for hydroxylation is 1. The standard InChI is InChI=1S/C14H22N2O2.ClH/c1-11-5-7-13(18-11)10-16(2)14(17)8-6-12-4-3-9-15-12;/h5,7,12,15H,3-4,6,8-10H2,1-2H3;1H. The zero-order valence-electron chi connectivity index (χ0n) is 11.6. The summed E-state index contributed by atoms with van der Waals surface area (Å²) < 4.78 is 5.48. The van der Waals surface area contributed by atoms with E-state index in [1.165, 1.54) is 12.8 Å². The van der Waals surface area contributed by atoms with E-state index in [-0.39, 0.29) is 18.3 Å². The SMILES string of the molecule is Cc1ccc(CN(C)C(=O)CCC2CCCN2)o1.Cl. The van der Waals surface area contributed by atoms with Crippen molar-refractivity contribution in [2.24, 2.45) is 0 Å². The maximum atomic E-state index is 12.0. The van der Waals surface area contributed by atoms with Crippen LogP contribution in [-0.2, 0) is 11.3 Å². The summed E-state index contributed by atoms with van der Waals surface area (Å²) in [6.45, 7) is 3.57. The number of carbonyl (C=O) groups excluding carboxylic acids is 1. The molecule has 1 aromatic heterocycles. The van der Waals surface area contributed by atoms with Crippen LogP contribution in [0.2, 0.25) is 0 Å². The summed E-state index contributed by atoms with van der Waals surface area (Å²) in [5, 5.41) is 3.41. The molecule has 1 aromatic rings. The largest absolute Gasteiger partial charge is 0.464 e. The number of halogens is 1. The summed E-state index contributed by atoms with van der Waals surface area (Å²) in [5.74, 6) is 1.93. The summed E-state index contributed by atoms with van der Waals surface area (Å²) in [6.07, 6.45) is 4.00. The molecule has 0 bridgehead atoms. The van der Waals surface area contributed by atoms with Gasteiger partial charge in [-0.15, -0.1) is 12.4 Å². The molecule has 108 valence electrons. The Labute approximate surface area is 120 Å². The number of furan rings is 1. The smallest absolute Gasteiger partial charge is 0.222 e. The van der Waals surface area contributed by atoms with Gasteiger partial charge in [0.05, 0.1) is 6.54 Å². The van der Waals surface area contributed by atoms with Gasteiger partial charge < -0.3 is 14.6 Å². The zero-order chi connectivity index (χ0) is 13.0. The number of nitrogens with one attached hydrogen (secondary N) is 1. The lowest BCUT2D eigenvalue weighted by atomic mass is 10.1. The fourth-order valence-electron chi connectivity index (χ4n) is 2.38. The van der Waals surface area contributed by atoms with Crippen LogP contribution in [0.3, 0.4) is 0 Å². The van der Waals surface area contributed by atoms with Crippen molar-refractivity contribution in [3.05, 3.63) is 23.7 Å². The average Bonchev–Trinajstić information content (AvgIpc) is 2.97. The molecule has 1 aliphatic rings. The quantitative estimate of drug-likeness (QED) is 0.905. The van der Waals surface area contributed by atoms with Gasteiger partial charge in [0.25, 0.3) is 0 Å². The van der Waals surface area contributed by atoms with Gasteiger partial charge in [-0.1, -0.05) is 0 Å². The number of rotatable bonds is 5. The van der Waals surface area contributed by atoms with E-state index in [1.54, 1.807) is 4.90 Å². The molecule has 0 saturated carbocycles. The lowest BCUT2D eigenvalue weighted by Gasteiger charge is -2.17. The third-order valence-corrected chi connectivity index (χ3v) is 3.48. The highest BCUT2D eigenvalue weighted by molar-refractivity contribution is 5.85. The highest BCUT2D eigenvalue weighted by Crippen LogP contribution is 2.13. The predicted octanol–water partition coefficient (Wildman–Crippen LogP) is 2.50. The molecule has 1 saturated heterocycles. The molecule has 5 heteroatoms. The van der Waals surface area contributed by atoms with Gasteiger partial charge in [-0.3, -0.25) is 4.79 Å². The van der Waals surface area contributed by atoms with Crippen LogP contribution in [0, 0.1) is 6.92 Å². The van der Waals surface area contributed by atoms with E-state index in [1.807, 2.05) is 26.1 Å². The average molecular weight is 287 g/mol. The Morgan fingerprint density at radius 1 is 1.53 bits per heavy atom. The van der Waals surface area contributed by atoms with Gasteiger partial charge in [0.1, 0.15) is 11.5 Å². The Kier molecular flexibility index (Phi) is 6.38. The summed E-state index contributed by atoms with van der Waals surface area (Å²) >= 11 is 0. The zero-order valence-corrected chi connectivity index (χ0v) is 12.5. The summed E-state index contributed by atoms with van der Waals surface area (Å²) in [6, 6.07) is 4.39. The second-order valence-corrected chi connectivity index (χ2v) is 5.09. The van der Waals surface area contributed by atoms with Gasteiger partial charge in [-0.2, -0.15) is 0 Å². The molecule has 2 rings (SSSR count). The fraction of sp³-hybridized carbons (Fsp3) is 0.643. The molecule has 1 unspecified atom stereocenters. The number of nitrogens with zero attached hydrogens (tertiary/aromatic N) is 1. The molecule has 1 amide bonds. The molecule has 0 aromatic carbocycles. The Morgan fingerprint density at radius 3 is 2.89 bits per heavy atom. The van der Waals surface area contributed by atoms with Crippen LogP contribution in [0.25, 0.3) is 0 Å². The second kappa shape index (κ2) is 7.56. The molecule has 1 N–H and O–H groups in total. The minimum absolute atomic E-state index is 0. The number of amides is 1. The van der Waals surface area contributed by atoms with Crippen molar-refractivity contribution in [2.75, 3.05) is 13.6 Å². The van der Waals surface area contributed by atoms with Crippen molar-refractivity contribution in [1.82, 2.24) is 10.2 Å². The lowest BCUT2D eigenvalue weighted by molar-refractivity contribution is -0.130. The molecule has 4 nitrogen and oxygen atoms in total. The van der Waals surface area contributed by atoms with Crippen molar-refractivity contribution in [2.45, 2.75) is 45.2 Å². The minimum atomic E-state index is 0. The van der Waals surface area contributed by atoms with E-state index in [0.717, 1.165) is 24.5 Å². The third-order valence-electron chi connectivity index (χ3n) is 3.48. The first-order valence-electron chi connectivity index (χ1n) is 6.68. The first-order chi connectivity index (χ1) is 8.65. The first-order valence-corrected chi connectivity index (χ1v) is 6.68. The summed E-state index contributed by atoms with van der Waals surface area (Å²) in [5.41, 5.74) is 0. The van der Waals surface area contributed by atoms with Gasteiger partial charge in [0.2, 0.25) is 5.91 Å². The van der Waals surface area contributed by atoms with E-state index in [2.05, 4.69) is 5.32 Å². The normalized spacial score (nSPS) is 18.1. The van der Waals surface area contributed by atoms with Gasteiger partial charge in [-0.05, 0) is 44.9 Å². The second-order valence-electron chi connectivity index (χ2n) is 5.09. The lowest BCUT2D eigenvalue weighted by Crippen LogP contribution is -2.28. The van der Waals surface area contributed by atoms with Gasteiger partial charge in [0, 0.05) is 19.5 Å². The predicted molar refractivity (Wildman–Crippen MR) is 77.4 cm³/mol. The van der Waals surface area contributed by atoms with Crippen molar-refractivity contribution in [1.29, 1.82) is 0 Å². The van der Waals surface area contributed by atoms with E-state index in [0.29, 0.717) is 19.0 Å². The Balaban J connectivity index is 0.00000180. The molecule has 1 atom stereocenters. The number of hydrogen-bond acceptors (Lipinski definition) is 3. The summed E-state index contributed by atoms with van der Waals surface area (Å²) in [7, 11) is 1.84. The van der Waals surface area contributed by atoms with Crippen LogP contribution in [0.5, 0.6) is 0 Å². The maximum Gasteiger partial charge on any atom is 0.222 e. The maximum absolute atomic E-state index is 12.0. The first kappa shape index (κ1) is 16.1. The molecular weight excluding hydrogens is 264 g/mol. The highest BCUT2D eigenvalue weighted by atomic mass is 35.5. The highest BCUT2D eigenvalue weighted by Gasteiger charge is 2.17. The van der Waals surface area contributed by atoms with Gasteiger partial charge >= 0.3 is 0 Å². The van der Waals surface area contributed by atoms with Crippen molar-refractivity contribution in [3.8, 4) is 0 Å². The molecule has 1 aliphatic heterocycles. The Morgan fingerprint density at radius 2 is 2.32 bits per heavy atom. The number of hydrogen-bond donors (Lipinski definition) is 1. The molecule has 0 radical (unpaired) electrons. The Bertz CT molecular complexity index is 400. The number of carbonyl (C=O) groups is 1. The molecule has 0 spiro atoms. The van der Waals surface area contributed by atoms with Crippen LogP contribution in [0.15, 0.2) is 16.5 Å². The van der Waals surface area contributed by atoms with E-state index in [4.69, 9.17) is 4.42 Å². The van der Waals surface area contributed by atoms with Gasteiger partial charge in [-0.25, -0.2) is 0 Å². The molecule has 19 heavy (non-hydrogen) atoms. The van der Waals surface area contributed by atoms with Crippen molar-refractivity contribution in [3.63, 3.8) is 0 Å². The van der Waals surface area contributed by atoms with Crippen LogP contribution in [0.1, 0.15) is 37.2 Å². The van der Waals surface area contributed by atoms with Crippen molar-refractivity contribution < 1.29 is 9.21 Å².